The van der Waals surface area contributed by atoms with Crippen LogP contribution in [-0.4, -0.2) is 27.0 Å². The fraction of sp³-hybridized carbons (Fsp3) is 0. The smallest absolute Gasteiger partial charge is 0.342 e. The molecular weight excluding hydrogens is 250 g/mol. The van der Waals surface area contributed by atoms with Gasteiger partial charge in [-0.25, -0.2) is 14.8 Å². The molecule has 0 spiro atoms. The van der Waals surface area contributed by atoms with E-state index in [0.29, 0.717) is 11.3 Å². The van der Waals surface area contributed by atoms with E-state index < -0.39 is 11.9 Å². The minimum atomic E-state index is -1.19. The molecule has 1 heterocycles. The van der Waals surface area contributed by atoms with Gasteiger partial charge in [0.2, 0.25) is 11.8 Å². The van der Waals surface area contributed by atoms with Crippen molar-refractivity contribution in [3.8, 4) is 11.6 Å². The summed E-state index contributed by atoms with van der Waals surface area (Å²) in [5, 5.41) is 8.94. The monoisotopic (exact) mass is 259 g/mol. The van der Waals surface area contributed by atoms with Crippen LogP contribution in [0, 0.1) is 0 Å². The van der Waals surface area contributed by atoms with Gasteiger partial charge >= 0.3 is 5.97 Å². The molecule has 0 atom stereocenters. The second-order valence-corrected chi connectivity index (χ2v) is 3.54. The number of amides is 1. The number of aromatic carboxylic acids is 1. The van der Waals surface area contributed by atoms with Gasteiger partial charge in [-0.1, -0.05) is 0 Å². The normalized spacial score (nSPS) is 9.89. The van der Waals surface area contributed by atoms with Gasteiger partial charge in [0, 0.05) is 11.8 Å². The van der Waals surface area contributed by atoms with Crippen molar-refractivity contribution in [2.75, 3.05) is 0 Å². The highest BCUT2D eigenvalue weighted by Gasteiger charge is 2.13. The van der Waals surface area contributed by atoms with E-state index in [1.54, 1.807) is 0 Å². The lowest BCUT2D eigenvalue weighted by atomic mass is 10.2. The zero-order chi connectivity index (χ0) is 13.8. The van der Waals surface area contributed by atoms with Crippen molar-refractivity contribution in [2.24, 2.45) is 5.73 Å². The summed E-state index contributed by atoms with van der Waals surface area (Å²) in [6.45, 7) is 0. The fourth-order valence-electron chi connectivity index (χ4n) is 1.35. The van der Waals surface area contributed by atoms with Crippen LogP contribution in [0.15, 0.2) is 36.8 Å². The Bertz CT molecular complexity index is 625. The van der Waals surface area contributed by atoms with E-state index in [4.69, 9.17) is 15.6 Å². The molecule has 19 heavy (non-hydrogen) atoms. The summed E-state index contributed by atoms with van der Waals surface area (Å²) < 4.78 is 5.32. The third kappa shape index (κ3) is 2.83. The van der Waals surface area contributed by atoms with Crippen molar-refractivity contribution in [1.82, 2.24) is 9.97 Å². The molecule has 0 saturated carbocycles. The summed E-state index contributed by atoms with van der Waals surface area (Å²) in [5.74, 6) is -1.48. The van der Waals surface area contributed by atoms with E-state index in [1.165, 1.54) is 30.6 Å². The molecule has 0 bridgehead atoms. The first-order valence-corrected chi connectivity index (χ1v) is 5.19. The van der Waals surface area contributed by atoms with E-state index in [9.17, 15) is 9.59 Å². The van der Waals surface area contributed by atoms with Crippen LogP contribution in [0.3, 0.4) is 0 Å². The van der Waals surface area contributed by atoms with Crippen LogP contribution in [0.1, 0.15) is 20.7 Å². The van der Waals surface area contributed by atoms with Crippen molar-refractivity contribution < 1.29 is 19.4 Å². The van der Waals surface area contributed by atoms with Gasteiger partial charge in [-0.05, 0) is 24.3 Å². The largest absolute Gasteiger partial charge is 0.477 e. The van der Waals surface area contributed by atoms with Crippen molar-refractivity contribution in [1.29, 1.82) is 0 Å². The van der Waals surface area contributed by atoms with Gasteiger partial charge < -0.3 is 15.6 Å². The van der Waals surface area contributed by atoms with Crippen LogP contribution in [0.2, 0.25) is 0 Å². The predicted molar refractivity (Wildman–Crippen MR) is 64.0 cm³/mol. The van der Waals surface area contributed by atoms with Crippen LogP contribution < -0.4 is 10.5 Å². The Hall–Kier alpha value is -2.96. The molecule has 0 fully saturated rings. The molecule has 0 aliphatic heterocycles. The Balaban J connectivity index is 2.26. The number of carboxylic acids is 1. The van der Waals surface area contributed by atoms with Gasteiger partial charge in [0.1, 0.15) is 17.6 Å². The highest BCUT2D eigenvalue weighted by molar-refractivity contribution is 5.93. The van der Waals surface area contributed by atoms with Gasteiger partial charge in [0.15, 0.2) is 0 Å². The predicted octanol–water partition coefficient (Wildman–Crippen LogP) is 1.07. The average molecular weight is 259 g/mol. The Labute approximate surface area is 107 Å². The summed E-state index contributed by atoms with van der Waals surface area (Å²) >= 11 is 0. The minimum absolute atomic E-state index is 0.0747. The standard InChI is InChI=1S/C12H9N3O4/c13-10(16)7-1-3-8(4-2-7)19-11-9(12(17)18)5-14-6-15-11/h1-6H,(H2,13,16)(H,17,18). The molecule has 7 nitrogen and oxygen atoms in total. The molecule has 0 radical (unpaired) electrons. The molecule has 2 aromatic rings. The number of hydrogen-bond donors (Lipinski definition) is 2. The zero-order valence-electron chi connectivity index (χ0n) is 9.61. The molecule has 7 heteroatoms. The van der Waals surface area contributed by atoms with Crippen molar-refractivity contribution in [3.05, 3.63) is 47.9 Å². The van der Waals surface area contributed by atoms with Gasteiger partial charge in [-0.3, -0.25) is 4.79 Å². The number of ether oxygens (including phenoxy) is 1. The zero-order valence-corrected chi connectivity index (χ0v) is 9.61. The Morgan fingerprint density at radius 1 is 1.21 bits per heavy atom. The summed E-state index contributed by atoms with van der Waals surface area (Å²) in [7, 11) is 0. The average Bonchev–Trinajstić information content (AvgIpc) is 2.39. The highest BCUT2D eigenvalue weighted by atomic mass is 16.5. The van der Waals surface area contributed by atoms with Gasteiger partial charge in [0.25, 0.3) is 0 Å². The van der Waals surface area contributed by atoms with Crippen LogP contribution in [0.5, 0.6) is 11.6 Å². The number of carbonyl (C=O) groups excluding carboxylic acids is 1. The first-order valence-electron chi connectivity index (χ1n) is 5.19. The Morgan fingerprint density at radius 2 is 1.89 bits per heavy atom. The first-order chi connectivity index (χ1) is 9.08. The first kappa shape index (κ1) is 12.5. The van der Waals surface area contributed by atoms with Crippen LogP contribution in [0.25, 0.3) is 0 Å². The number of rotatable bonds is 4. The number of benzene rings is 1. The molecule has 1 amide bonds. The lowest BCUT2D eigenvalue weighted by molar-refractivity contribution is 0.0692. The molecular formula is C12H9N3O4. The van der Waals surface area contributed by atoms with Crippen LogP contribution >= 0.6 is 0 Å². The minimum Gasteiger partial charge on any atom is -0.477 e. The van der Waals surface area contributed by atoms with E-state index in [1.807, 2.05) is 0 Å². The number of carboxylic acid groups (broad SMARTS) is 1. The Morgan fingerprint density at radius 3 is 2.47 bits per heavy atom. The quantitative estimate of drug-likeness (QED) is 0.848. The van der Waals surface area contributed by atoms with Crippen LogP contribution in [-0.2, 0) is 0 Å². The Kier molecular flexibility index (Phi) is 3.37. The topological polar surface area (TPSA) is 115 Å². The second-order valence-electron chi connectivity index (χ2n) is 3.54. The molecule has 0 aliphatic carbocycles. The van der Waals surface area contributed by atoms with E-state index in [0.717, 1.165) is 6.20 Å². The molecule has 96 valence electrons. The molecule has 1 aromatic carbocycles. The van der Waals surface area contributed by atoms with E-state index in [-0.39, 0.29) is 11.4 Å². The SMILES string of the molecule is NC(=O)c1ccc(Oc2ncncc2C(=O)O)cc1. The van der Waals surface area contributed by atoms with Gasteiger partial charge in [0.05, 0.1) is 0 Å². The third-order valence-corrected chi connectivity index (χ3v) is 2.26. The van der Waals surface area contributed by atoms with Gasteiger partial charge in [-0.2, -0.15) is 0 Å². The number of aromatic nitrogens is 2. The van der Waals surface area contributed by atoms with E-state index in [2.05, 4.69) is 9.97 Å². The number of nitrogens with two attached hydrogens (primary N) is 1. The van der Waals surface area contributed by atoms with Crippen LogP contribution in [0.4, 0.5) is 0 Å². The number of hydrogen-bond acceptors (Lipinski definition) is 5. The maximum atomic E-state index is 10.9. The lowest BCUT2D eigenvalue weighted by Gasteiger charge is -2.06. The highest BCUT2D eigenvalue weighted by Crippen LogP contribution is 2.22. The molecule has 0 saturated heterocycles. The molecule has 0 aliphatic rings. The number of carbonyl (C=O) groups is 2. The maximum Gasteiger partial charge on any atom is 0.342 e. The number of primary amides is 1. The molecule has 1 aromatic heterocycles. The number of nitrogens with zero attached hydrogens (tertiary/aromatic N) is 2. The summed E-state index contributed by atoms with van der Waals surface area (Å²) in [6, 6.07) is 5.93. The fourth-order valence-corrected chi connectivity index (χ4v) is 1.35. The summed E-state index contributed by atoms with van der Waals surface area (Å²) in [5.41, 5.74) is 5.28. The molecule has 0 unspecified atom stereocenters. The molecule has 3 N–H and O–H groups in total. The van der Waals surface area contributed by atoms with Crippen molar-refractivity contribution in [2.45, 2.75) is 0 Å². The lowest BCUT2D eigenvalue weighted by Crippen LogP contribution is -2.10. The maximum absolute atomic E-state index is 10.9. The van der Waals surface area contributed by atoms with Crippen molar-refractivity contribution in [3.63, 3.8) is 0 Å². The third-order valence-electron chi connectivity index (χ3n) is 2.26. The van der Waals surface area contributed by atoms with Gasteiger partial charge in [-0.15, -0.1) is 0 Å². The summed E-state index contributed by atoms with van der Waals surface area (Å²) in [6.07, 6.45) is 2.32. The second kappa shape index (κ2) is 5.13. The van der Waals surface area contributed by atoms with Crippen molar-refractivity contribution >= 4 is 11.9 Å². The van der Waals surface area contributed by atoms with E-state index >= 15 is 0 Å². The molecule has 2 rings (SSSR count). The summed E-state index contributed by atoms with van der Waals surface area (Å²) in [4.78, 5) is 29.2.